The van der Waals surface area contributed by atoms with E-state index in [9.17, 15) is 4.79 Å². The van der Waals surface area contributed by atoms with Crippen molar-refractivity contribution in [1.82, 2.24) is 0 Å². The molecule has 5 heteroatoms. The van der Waals surface area contributed by atoms with Gasteiger partial charge in [-0.25, -0.2) is 0 Å². The van der Waals surface area contributed by atoms with Crippen LogP contribution in [0.15, 0.2) is 12.1 Å². The molecule has 82 valence electrons. The van der Waals surface area contributed by atoms with E-state index in [-0.39, 0.29) is 6.42 Å². The molecule has 0 saturated heterocycles. The number of rotatable bonds is 4. The number of carboxylic acid groups (broad SMARTS) is 1. The van der Waals surface area contributed by atoms with E-state index >= 15 is 0 Å². The average molecular weight is 322 g/mol. The normalized spacial score (nSPS) is 9.80. The third-order valence-electron chi connectivity index (χ3n) is 1.91. The lowest BCUT2D eigenvalue weighted by Gasteiger charge is -2.11. The summed E-state index contributed by atoms with van der Waals surface area (Å²) in [4.78, 5) is 10.6. The maximum Gasteiger partial charge on any atom is 0.307 e. The highest BCUT2D eigenvalue weighted by atomic mass is 127. The summed E-state index contributed by atoms with van der Waals surface area (Å²) < 4.78 is 11.0. The maximum absolute atomic E-state index is 10.6. The Hall–Kier alpha value is -0.980. The van der Waals surface area contributed by atoms with Gasteiger partial charge in [-0.2, -0.15) is 0 Å². The molecular formula is C10H11IO4. The van der Waals surface area contributed by atoms with Gasteiger partial charge in [-0.05, 0) is 34.2 Å². The second-order valence-electron chi connectivity index (χ2n) is 2.84. The highest BCUT2D eigenvalue weighted by molar-refractivity contribution is 14.1. The number of methoxy groups -OCH3 is 2. The Morgan fingerprint density at radius 2 is 2.07 bits per heavy atom. The molecule has 1 N–H and O–H groups in total. The summed E-state index contributed by atoms with van der Waals surface area (Å²) in [5, 5.41) is 8.71. The molecule has 4 nitrogen and oxygen atoms in total. The summed E-state index contributed by atoms with van der Waals surface area (Å²) in [5.74, 6) is 0.327. The van der Waals surface area contributed by atoms with Crippen LogP contribution in [0.1, 0.15) is 5.56 Å². The molecule has 1 aromatic rings. The summed E-state index contributed by atoms with van der Waals surface area (Å²) in [6, 6.07) is 3.44. The largest absolute Gasteiger partial charge is 0.493 e. The summed E-state index contributed by atoms with van der Waals surface area (Å²) in [6.07, 6.45) is -0.0153. The van der Waals surface area contributed by atoms with Crippen LogP contribution in [0.4, 0.5) is 0 Å². The van der Waals surface area contributed by atoms with Crippen LogP contribution in [0.5, 0.6) is 11.5 Å². The van der Waals surface area contributed by atoms with Crippen molar-refractivity contribution < 1.29 is 19.4 Å². The van der Waals surface area contributed by atoms with Gasteiger partial charge in [-0.15, -0.1) is 0 Å². The Morgan fingerprint density at radius 3 is 2.53 bits per heavy atom. The molecule has 1 aromatic carbocycles. The first kappa shape index (κ1) is 12.1. The second kappa shape index (κ2) is 5.20. The molecule has 15 heavy (non-hydrogen) atoms. The zero-order chi connectivity index (χ0) is 11.4. The molecule has 0 bridgehead atoms. The minimum Gasteiger partial charge on any atom is -0.493 e. The smallest absolute Gasteiger partial charge is 0.307 e. The highest BCUT2D eigenvalue weighted by Gasteiger charge is 2.14. The van der Waals surface area contributed by atoms with E-state index in [4.69, 9.17) is 14.6 Å². The van der Waals surface area contributed by atoms with Gasteiger partial charge in [0.2, 0.25) is 0 Å². The van der Waals surface area contributed by atoms with Crippen molar-refractivity contribution in [3.8, 4) is 11.5 Å². The van der Waals surface area contributed by atoms with Gasteiger partial charge in [-0.3, -0.25) is 4.79 Å². The van der Waals surface area contributed by atoms with Gasteiger partial charge in [-0.1, -0.05) is 6.07 Å². The zero-order valence-corrected chi connectivity index (χ0v) is 10.6. The van der Waals surface area contributed by atoms with E-state index in [0.29, 0.717) is 11.5 Å². The van der Waals surface area contributed by atoms with Crippen molar-refractivity contribution in [1.29, 1.82) is 0 Å². The number of hydrogen-bond donors (Lipinski definition) is 1. The Morgan fingerprint density at radius 1 is 1.40 bits per heavy atom. The molecule has 0 saturated carbocycles. The minimum absolute atomic E-state index is 0.0153. The van der Waals surface area contributed by atoms with Crippen molar-refractivity contribution in [2.24, 2.45) is 0 Å². The first-order valence-corrected chi connectivity index (χ1v) is 5.29. The van der Waals surface area contributed by atoms with Crippen molar-refractivity contribution in [3.63, 3.8) is 0 Å². The van der Waals surface area contributed by atoms with E-state index < -0.39 is 5.97 Å². The van der Waals surface area contributed by atoms with Crippen molar-refractivity contribution in [2.45, 2.75) is 6.42 Å². The number of benzene rings is 1. The molecule has 0 fully saturated rings. The fraction of sp³-hybridized carbons (Fsp3) is 0.300. The van der Waals surface area contributed by atoms with E-state index in [0.717, 1.165) is 9.13 Å². The van der Waals surface area contributed by atoms with Crippen LogP contribution < -0.4 is 9.47 Å². The molecular weight excluding hydrogens is 311 g/mol. The summed E-state index contributed by atoms with van der Waals surface area (Å²) in [7, 11) is 3.08. The van der Waals surface area contributed by atoms with Gasteiger partial charge < -0.3 is 14.6 Å². The van der Waals surface area contributed by atoms with Gasteiger partial charge >= 0.3 is 5.97 Å². The third-order valence-corrected chi connectivity index (χ3v) is 3.09. The van der Waals surface area contributed by atoms with Crippen LogP contribution in [-0.4, -0.2) is 25.3 Å². The first-order chi connectivity index (χ1) is 7.10. The van der Waals surface area contributed by atoms with Crippen molar-refractivity contribution in [2.75, 3.05) is 14.2 Å². The molecule has 0 spiro atoms. The Balaban J connectivity index is 3.16. The zero-order valence-electron chi connectivity index (χ0n) is 8.41. The first-order valence-electron chi connectivity index (χ1n) is 4.21. The van der Waals surface area contributed by atoms with E-state index in [1.54, 1.807) is 19.2 Å². The Bertz CT molecular complexity index is 376. The van der Waals surface area contributed by atoms with Crippen LogP contribution in [0, 0.1) is 3.57 Å². The summed E-state index contributed by atoms with van der Waals surface area (Å²) in [5.41, 5.74) is 0.723. The average Bonchev–Trinajstić information content (AvgIpc) is 2.20. The maximum atomic E-state index is 10.6. The van der Waals surface area contributed by atoms with Gasteiger partial charge in [0.1, 0.15) is 0 Å². The summed E-state index contributed by atoms with van der Waals surface area (Å²) >= 11 is 2.05. The fourth-order valence-electron chi connectivity index (χ4n) is 1.23. The highest BCUT2D eigenvalue weighted by Crippen LogP contribution is 2.34. The number of carboxylic acids is 1. The number of carbonyl (C=O) groups is 1. The lowest BCUT2D eigenvalue weighted by atomic mass is 10.1. The molecule has 0 aliphatic rings. The van der Waals surface area contributed by atoms with Gasteiger partial charge in [0.15, 0.2) is 11.5 Å². The molecule has 0 aromatic heterocycles. The molecule has 0 radical (unpaired) electrons. The van der Waals surface area contributed by atoms with E-state index in [1.807, 2.05) is 0 Å². The lowest BCUT2D eigenvalue weighted by Crippen LogP contribution is -2.04. The Kier molecular flexibility index (Phi) is 4.19. The van der Waals surface area contributed by atoms with Crippen LogP contribution in [0.25, 0.3) is 0 Å². The van der Waals surface area contributed by atoms with Gasteiger partial charge in [0.05, 0.1) is 24.2 Å². The number of aliphatic carboxylic acids is 1. The third kappa shape index (κ3) is 2.74. The molecule has 0 unspecified atom stereocenters. The topological polar surface area (TPSA) is 55.8 Å². The SMILES string of the molecule is COc1ccc(CC(=O)O)c(I)c1OC. The quantitative estimate of drug-likeness (QED) is 0.861. The predicted molar refractivity (Wildman–Crippen MR) is 63.6 cm³/mol. The summed E-state index contributed by atoms with van der Waals surface area (Å²) in [6.45, 7) is 0. The fourth-order valence-corrected chi connectivity index (χ4v) is 2.09. The lowest BCUT2D eigenvalue weighted by molar-refractivity contribution is -0.136. The molecule has 1 rings (SSSR count). The van der Waals surface area contributed by atoms with Gasteiger partial charge in [0, 0.05) is 0 Å². The number of halogens is 1. The standard InChI is InChI=1S/C10H11IO4/c1-14-7-4-3-6(5-8(12)13)9(11)10(7)15-2/h3-4H,5H2,1-2H3,(H,12,13). The van der Waals surface area contributed by atoms with Crippen LogP contribution in [-0.2, 0) is 11.2 Å². The molecule has 0 atom stereocenters. The van der Waals surface area contributed by atoms with Crippen molar-refractivity contribution >= 4 is 28.6 Å². The second-order valence-corrected chi connectivity index (χ2v) is 3.92. The molecule has 0 aliphatic carbocycles. The van der Waals surface area contributed by atoms with E-state index in [2.05, 4.69) is 22.6 Å². The van der Waals surface area contributed by atoms with Crippen molar-refractivity contribution in [3.05, 3.63) is 21.3 Å². The predicted octanol–water partition coefficient (Wildman–Crippen LogP) is 1.94. The molecule has 0 heterocycles. The van der Waals surface area contributed by atoms with Crippen LogP contribution >= 0.6 is 22.6 Å². The molecule has 0 amide bonds. The number of ether oxygens (including phenoxy) is 2. The van der Waals surface area contributed by atoms with E-state index in [1.165, 1.54) is 7.11 Å². The molecule has 0 aliphatic heterocycles. The number of hydrogen-bond acceptors (Lipinski definition) is 3. The van der Waals surface area contributed by atoms with Gasteiger partial charge in [0.25, 0.3) is 0 Å². The van der Waals surface area contributed by atoms with Crippen LogP contribution in [0.3, 0.4) is 0 Å². The van der Waals surface area contributed by atoms with Crippen LogP contribution in [0.2, 0.25) is 0 Å². The minimum atomic E-state index is -0.861. The monoisotopic (exact) mass is 322 g/mol. The Labute approximate surface area is 101 Å².